The molecule has 2 N–H and O–H groups in total. The predicted octanol–water partition coefficient (Wildman–Crippen LogP) is 1.46. The number of hydrogen-bond donors (Lipinski definition) is 2. The lowest BCUT2D eigenvalue weighted by Gasteiger charge is -2.13. The van der Waals surface area contributed by atoms with Gasteiger partial charge in [0.25, 0.3) is 0 Å². The van der Waals surface area contributed by atoms with Gasteiger partial charge in [-0.25, -0.2) is 17.9 Å². The van der Waals surface area contributed by atoms with Crippen LogP contribution < -0.4 is 4.72 Å². The number of nitrogens with one attached hydrogen (secondary N) is 1. The number of rotatable bonds is 5. The average Bonchev–Trinajstić information content (AvgIpc) is 3.12. The Morgan fingerprint density at radius 1 is 1.44 bits per heavy atom. The zero-order valence-electron chi connectivity index (χ0n) is 9.96. The van der Waals surface area contributed by atoms with Crippen LogP contribution in [-0.4, -0.2) is 25.5 Å². The molecule has 0 aromatic heterocycles. The lowest BCUT2D eigenvalue weighted by molar-refractivity contribution is 0.0696. The summed E-state index contributed by atoms with van der Waals surface area (Å²) in [6.45, 7) is 1.83. The average molecular weight is 269 g/mol. The van der Waals surface area contributed by atoms with Crippen molar-refractivity contribution >= 4 is 16.0 Å². The van der Waals surface area contributed by atoms with E-state index in [0.29, 0.717) is 5.92 Å². The van der Waals surface area contributed by atoms with Crippen molar-refractivity contribution in [3.63, 3.8) is 0 Å². The second-order valence-corrected chi connectivity index (χ2v) is 6.29. The Morgan fingerprint density at radius 2 is 2.11 bits per heavy atom. The van der Waals surface area contributed by atoms with Crippen LogP contribution >= 0.6 is 0 Å². The monoisotopic (exact) mass is 269 g/mol. The largest absolute Gasteiger partial charge is 0.478 e. The van der Waals surface area contributed by atoms with Gasteiger partial charge in [0.2, 0.25) is 10.0 Å². The van der Waals surface area contributed by atoms with E-state index in [1.165, 1.54) is 24.3 Å². The minimum Gasteiger partial charge on any atom is -0.478 e. The van der Waals surface area contributed by atoms with Gasteiger partial charge in [0.15, 0.2) is 0 Å². The first-order valence-corrected chi connectivity index (χ1v) is 7.24. The maximum Gasteiger partial charge on any atom is 0.335 e. The third kappa shape index (κ3) is 2.88. The number of carboxylic acid groups (broad SMARTS) is 1. The highest BCUT2D eigenvalue weighted by atomic mass is 32.2. The Hall–Kier alpha value is -1.40. The fourth-order valence-corrected chi connectivity index (χ4v) is 3.16. The molecule has 1 aliphatic carbocycles. The summed E-state index contributed by atoms with van der Waals surface area (Å²) in [4.78, 5) is 10.8. The van der Waals surface area contributed by atoms with Crippen molar-refractivity contribution in [1.82, 2.24) is 4.72 Å². The highest BCUT2D eigenvalue weighted by Crippen LogP contribution is 2.33. The second-order valence-electron chi connectivity index (χ2n) is 4.58. The molecule has 1 aromatic rings. The number of carbonyl (C=O) groups is 1. The smallest absolute Gasteiger partial charge is 0.335 e. The van der Waals surface area contributed by atoms with E-state index >= 15 is 0 Å². The topological polar surface area (TPSA) is 83.5 Å². The molecule has 0 radical (unpaired) electrons. The van der Waals surface area contributed by atoms with E-state index in [4.69, 9.17) is 5.11 Å². The zero-order valence-corrected chi connectivity index (χ0v) is 10.8. The molecule has 98 valence electrons. The lowest BCUT2D eigenvalue weighted by Crippen LogP contribution is -2.34. The molecule has 18 heavy (non-hydrogen) atoms. The van der Waals surface area contributed by atoms with Crippen LogP contribution in [0.3, 0.4) is 0 Å². The molecule has 1 unspecified atom stereocenters. The van der Waals surface area contributed by atoms with Gasteiger partial charge in [-0.05, 0) is 43.9 Å². The van der Waals surface area contributed by atoms with Crippen molar-refractivity contribution in [3.05, 3.63) is 29.8 Å². The van der Waals surface area contributed by atoms with Crippen LogP contribution in [0.4, 0.5) is 0 Å². The first-order valence-electron chi connectivity index (χ1n) is 5.76. The maximum atomic E-state index is 12.0. The molecule has 0 heterocycles. The van der Waals surface area contributed by atoms with Crippen molar-refractivity contribution in [2.24, 2.45) is 5.92 Å². The molecule has 0 spiro atoms. The van der Waals surface area contributed by atoms with E-state index in [1.807, 2.05) is 6.92 Å². The lowest BCUT2D eigenvalue weighted by atomic mass is 10.2. The van der Waals surface area contributed by atoms with Crippen LogP contribution in [0.2, 0.25) is 0 Å². The molecule has 1 atom stereocenters. The van der Waals surface area contributed by atoms with Gasteiger partial charge < -0.3 is 5.11 Å². The third-order valence-electron chi connectivity index (χ3n) is 3.06. The first-order chi connectivity index (χ1) is 8.40. The molecule has 2 rings (SSSR count). The van der Waals surface area contributed by atoms with Crippen molar-refractivity contribution in [2.45, 2.75) is 30.7 Å². The maximum absolute atomic E-state index is 12.0. The highest BCUT2D eigenvalue weighted by Gasteiger charge is 2.31. The van der Waals surface area contributed by atoms with Gasteiger partial charge in [-0.1, -0.05) is 6.07 Å². The van der Waals surface area contributed by atoms with Crippen molar-refractivity contribution < 1.29 is 18.3 Å². The Kier molecular flexibility index (Phi) is 3.41. The summed E-state index contributed by atoms with van der Waals surface area (Å²) in [6, 6.07) is 5.26. The Labute approximate surface area is 106 Å². The van der Waals surface area contributed by atoms with E-state index in [0.717, 1.165) is 12.8 Å². The van der Waals surface area contributed by atoms with E-state index in [-0.39, 0.29) is 16.5 Å². The van der Waals surface area contributed by atoms with Crippen LogP contribution in [0.1, 0.15) is 30.1 Å². The number of benzene rings is 1. The van der Waals surface area contributed by atoms with E-state index < -0.39 is 16.0 Å². The molecule has 6 heteroatoms. The molecule has 0 aliphatic heterocycles. The van der Waals surface area contributed by atoms with Crippen molar-refractivity contribution in [3.8, 4) is 0 Å². The van der Waals surface area contributed by atoms with Crippen LogP contribution in [0.25, 0.3) is 0 Å². The third-order valence-corrected chi connectivity index (χ3v) is 4.62. The summed E-state index contributed by atoms with van der Waals surface area (Å²) in [5.41, 5.74) is -0.0306. The van der Waals surface area contributed by atoms with Crippen LogP contribution in [0.5, 0.6) is 0 Å². The van der Waals surface area contributed by atoms with Gasteiger partial charge in [0.05, 0.1) is 10.5 Å². The minimum absolute atomic E-state index is 0.00472. The summed E-state index contributed by atoms with van der Waals surface area (Å²) in [5.74, 6) is -0.732. The summed E-state index contributed by atoms with van der Waals surface area (Å²) >= 11 is 0. The van der Waals surface area contributed by atoms with Crippen molar-refractivity contribution in [2.75, 3.05) is 0 Å². The number of carboxylic acids is 1. The van der Waals surface area contributed by atoms with Crippen LogP contribution in [-0.2, 0) is 10.0 Å². The van der Waals surface area contributed by atoms with Crippen molar-refractivity contribution in [1.29, 1.82) is 0 Å². The van der Waals surface area contributed by atoms with Gasteiger partial charge in [-0.2, -0.15) is 0 Å². The number of sulfonamides is 1. The van der Waals surface area contributed by atoms with E-state index in [1.54, 1.807) is 0 Å². The molecule has 1 fully saturated rings. The quantitative estimate of drug-likeness (QED) is 0.847. The van der Waals surface area contributed by atoms with Gasteiger partial charge in [-0.3, -0.25) is 0 Å². The molecule has 1 aromatic carbocycles. The van der Waals surface area contributed by atoms with Crippen LogP contribution in [0, 0.1) is 5.92 Å². The van der Waals surface area contributed by atoms with Gasteiger partial charge >= 0.3 is 5.97 Å². The molecular formula is C12H15NO4S. The Bertz CT molecular complexity index is 563. The molecule has 5 nitrogen and oxygen atoms in total. The number of aromatic carboxylic acids is 1. The van der Waals surface area contributed by atoms with Gasteiger partial charge in [0, 0.05) is 6.04 Å². The van der Waals surface area contributed by atoms with Crippen LogP contribution in [0.15, 0.2) is 29.2 Å². The normalized spacial score (nSPS) is 17.4. The fourth-order valence-electron chi connectivity index (χ4n) is 1.80. The zero-order chi connectivity index (χ0) is 13.3. The molecule has 0 bridgehead atoms. The fraction of sp³-hybridized carbons (Fsp3) is 0.417. The SMILES string of the molecule is CC(NS(=O)(=O)c1cccc(C(=O)O)c1)C1CC1. The summed E-state index contributed by atoms with van der Waals surface area (Å²) in [5, 5.41) is 8.84. The van der Waals surface area contributed by atoms with E-state index in [9.17, 15) is 13.2 Å². The molecule has 0 amide bonds. The van der Waals surface area contributed by atoms with Gasteiger partial charge in [-0.15, -0.1) is 0 Å². The summed E-state index contributed by atoms with van der Waals surface area (Å²) < 4.78 is 26.7. The summed E-state index contributed by atoms with van der Waals surface area (Å²) in [6.07, 6.45) is 2.08. The highest BCUT2D eigenvalue weighted by molar-refractivity contribution is 7.89. The molecule has 1 aliphatic rings. The molecular weight excluding hydrogens is 254 g/mol. The summed E-state index contributed by atoms with van der Waals surface area (Å²) in [7, 11) is -3.63. The Balaban J connectivity index is 2.23. The number of hydrogen-bond acceptors (Lipinski definition) is 3. The molecule has 1 saturated carbocycles. The standard InChI is InChI=1S/C12H15NO4S/c1-8(9-5-6-9)13-18(16,17)11-4-2-3-10(7-11)12(14)15/h2-4,7-9,13H,5-6H2,1H3,(H,14,15). The van der Waals surface area contributed by atoms with Gasteiger partial charge in [0.1, 0.15) is 0 Å². The minimum atomic E-state index is -3.63. The Morgan fingerprint density at radius 3 is 2.67 bits per heavy atom. The molecule has 0 saturated heterocycles. The second kappa shape index (κ2) is 4.70. The van der Waals surface area contributed by atoms with E-state index in [2.05, 4.69) is 4.72 Å². The first kappa shape index (κ1) is 13.0. The predicted molar refractivity (Wildman–Crippen MR) is 65.9 cm³/mol.